The Morgan fingerprint density at radius 2 is 1.19 bits per heavy atom. The van der Waals surface area contributed by atoms with Crippen molar-refractivity contribution in [2.45, 2.75) is 32.2 Å². The van der Waals surface area contributed by atoms with Gasteiger partial charge in [0.05, 0.1) is 0 Å². The normalized spacial score (nSPS) is 13.7. The number of hydrogen-bond acceptors (Lipinski definition) is 2. The van der Waals surface area contributed by atoms with Crippen LogP contribution < -0.4 is 4.57 Å². The number of ketones is 2. The summed E-state index contributed by atoms with van der Waals surface area (Å²) in [5.74, 6) is 0.112. The van der Waals surface area contributed by atoms with E-state index in [2.05, 4.69) is 42.5 Å². The van der Waals surface area contributed by atoms with Gasteiger partial charge in [0.1, 0.15) is 0 Å². The fourth-order valence-electron chi connectivity index (χ4n) is 6.15. The minimum Gasteiger partial charge on any atom is -0.289 e. The number of carbonyl (C=O) groups is 2. The number of Topliss-reactive ketones (excluding diaryl/α,β-unsaturated/α-hetero) is 1. The van der Waals surface area contributed by atoms with Gasteiger partial charge in [0.25, 0.3) is 0 Å². The molecule has 3 nitrogen and oxygen atoms in total. The molecular formula is C34H26NO2+. The summed E-state index contributed by atoms with van der Waals surface area (Å²) >= 11 is 0. The molecule has 0 saturated carbocycles. The molecule has 0 N–H and O–H groups in total. The number of benzene rings is 4. The summed E-state index contributed by atoms with van der Waals surface area (Å²) in [6.45, 7) is 0.280. The number of rotatable bonds is 6. The van der Waals surface area contributed by atoms with E-state index >= 15 is 0 Å². The van der Waals surface area contributed by atoms with Gasteiger partial charge in [-0.2, -0.15) is 4.57 Å². The lowest BCUT2D eigenvalue weighted by Crippen LogP contribution is -2.37. The van der Waals surface area contributed by atoms with Gasteiger partial charge in [-0.1, -0.05) is 66.7 Å². The lowest BCUT2D eigenvalue weighted by molar-refractivity contribution is -0.683. The second-order valence-electron chi connectivity index (χ2n) is 10.1. The molecule has 0 aliphatic heterocycles. The van der Waals surface area contributed by atoms with Gasteiger partial charge in [-0.25, -0.2) is 0 Å². The van der Waals surface area contributed by atoms with Crippen LogP contribution >= 0.6 is 0 Å². The van der Waals surface area contributed by atoms with E-state index in [0.29, 0.717) is 0 Å². The number of nitrogens with zero attached hydrogens (tertiary/aromatic N) is 1. The summed E-state index contributed by atoms with van der Waals surface area (Å²) in [7, 11) is 0. The first-order valence-corrected chi connectivity index (χ1v) is 13.0. The first kappa shape index (κ1) is 21.9. The maximum absolute atomic E-state index is 13.2. The zero-order valence-electron chi connectivity index (χ0n) is 20.5. The second-order valence-corrected chi connectivity index (χ2v) is 10.1. The molecule has 37 heavy (non-hydrogen) atoms. The van der Waals surface area contributed by atoms with E-state index in [9.17, 15) is 9.59 Å². The van der Waals surface area contributed by atoms with E-state index in [0.717, 1.165) is 53.1 Å². The highest BCUT2D eigenvalue weighted by Crippen LogP contribution is 2.34. The second kappa shape index (κ2) is 8.63. The zero-order valence-corrected chi connectivity index (χ0v) is 20.5. The average Bonchev–Trinajstić information content (AvgIpc) is 3.55. The Balaban J connectivity index is 1.09. The Kier molecular flexibility index (Phi) is 5.10. The predicted octanol–water partition coefficient (Wildman–Crippen LogP) is 6.26. The molecule has 0 radical (unpaired) electrons. The number of allylic oxidation sites excluding steroid dienone is 1. The van der Waals surface area contributed by atoms with Gasteiger partial charge in [-0.05, 0) is 81.1 Å². The van der Waals surface area contributed by atoms with Crippen LogP contribution in [0.4, 0.5) is 0 Å². The van der Waals surface area contributed by atoms with Crippen LogP contribution in [0.5, 0.6) is 0 Å². The fourth-order valence-corrected chi connectivity index (χ4v) is 6.15. The average molecular weight is 481 g/mol. The Morgan fingerprint density at radius 1 is 0.649 bits per heavy atom. The van der Waals surface area contributed by atoms with E-state index in [1.807, 2.05) is 53.4 Å². The Morgan fingerprint density at radius 3 is 1.81 bits per heavy atom. The van der Waals surface area contributed by atoms with Crippen LogP contribution in [-0.2, 0) is 32.2 Å². The molecule has 0 unspecified atom stereocenters. The first-order chi connectivity index (χ1) is 18.2. The molecule has 0 bridgehead atoms. The molecular weight excluding hydrogens is 454 g/mol. The third kappa shape index (κ3) is 3.70. The minimum atomic E-state index is 0.00885. The molecule has 0 amide bonds. The monoisotopic (exact) mass is 480 g/mol. The molecule has 5 aromatic rings. The van der Waals surface area contributed by atoms with Gasteiger partial charge in [0, 0.05) is 23.3 Å². The van der Waals surface area contributed by atoms with Crippen molar-refractivity contribution in [1.82, 2.24) is 0 Å². The van der Waals surface area contributed by atoms with Gasteiger partial charge in [-0.3, -0.25) is 9.59 Å². The highest BCUT2D eigenvalue weighted by Gasteiger charge is 2.21. The number of aromatic nitrogens is 1. The molecule has 0 saturated heterocycles. The zero-order chi connectivity index (χ0) is 24.9. The van der Waals surface area contributed by atoms with Gasteiger partial charge < -0.3 is 0 Å². The summed E-state index contributed by atoms with van der Waals surface area (Å²) in [4.78, 5) is 26.3. The van der Waals surface area contributed by atoms with Crippen LogP contribution in [0.1, 0.15) is 48.5 Å². The molecule has 0 fully saturated rings. The lowest BCUT2D eigenvalue weighted by atomic mass is 9.97. The van der Waals surface area contributed by atoms with E-state index in [1.165, 1.54) is 33.0 Å². The van der Waals surface area contributed by atoms with Gasteiger partial charge in [-0.15, -0.1) is 0 Å². The van der Waals surface area contributed by atoms with E-state index in [4.69, 9.17) is 0 Å². The van der Waals surface area contributed by atoms with Crippen molar-refractivity contribution < 1.29 is 14.2 Å². The van der Waals surface area contributed by atoms with Crippen LogP contribution in [0.2, 0.25) is 0 Å². The van der Waals surface area contributed by atoms with Gasteiger partial charge in [0.2, 0.25) is 12.3 Å². The van der Waals surface area contributed by atoms with Gasteiger partial charge >= 0.3 is 0 Å². The smallest absolute Gasteiger partial charge is 0.228 e. The number of aryl methyl sites for hydroxylation is 4. The third-order valence-corrected chi connectivity index (χ3v) is 7.99. The molecule has 1 heterocycles. The Bertz CT molecular complexity index is 1760. The Labute approximate surface area is 215 Å². The maximum Gasteiger partial charge on any atom is 0.228 e. The molecule has 1 aromatic heterocycles. The standard InChI is InChI=1S/C34H26NO2/c36-31(27-14-12-25-10-8-23-3-1-5-29(27)33(23)25)16-7-22-17-19-35(20-18-22)21-32(37)28-15-13-26-11-9-24-4-2-6-30(28)34(24)26/h1-7,12-20H,8-11,21H2/q+1/b16-7+. The highest BCUT2D eigenvalue weighted by atomic mass is 16.1. The van der Waals surface area contributed by atoms with Crippen LogP contribution in [0.3, 0.4) is 0 Å². The van der Waals surface area contributed by atoms with Crippen molar-refractivity contribution in [2.24, 2.45) is 0 Å². The maximum atomic E-state index is 13.2. The van der Waals surface area contributed by atoms with E-state index in [1.54, 1.807) is 6.08 Å². The van der Waals surface area contributed by atoms with Crippen LogP contribution in [0.15, 0.2) is 91.3 Å². The minimum absolute atomic E-state index is 0.00885. The summed E-state index contributed by atoms with van der Waals surface area (Å²) in [5.41, 5.74) is 7.83. The van der Waals surface area contributed by atoms with Crippen LogP contribution in [0.25, 0.3) is 27.6 Å². The lowest BCUT2D eigenvalue weighted by Gasteiger charge is -2.07. The Hall–Kier alpha value is -4.37. The molecule has 2 aliphatic carbocycles. The van der Waals surface area contributed by atoms with Crippen molar-refractivity contribution in [2.75, 3.05) is 0 Å². The van der Waals surface area contributed by atoms with Crippen LogP contribution in [0, 0.1) is 0 Å². The number of pyridine rings is 1. The summed E-state index contributed by atoms with van der Waals surface area (Å²) in [5, 5.41) is 4.64. The van der Waals surface area contributed by atoms with Crippen molar-refractivity contribution in [3.63, 3.8) is 0 Å². The number of carbonyl (C=O) groups excluding carboxylic acids is 2. The molecule has 0 atom stereocenters. The predicted molar refractivity (Wildman–Crippen MR) is 147 cm³/mol. The van der Waals surface area contributed by atoms with E-state index in [-0.39, 0.29) is 18.1 Å². The largest absolute Gasteiger partial charge is 0.289 e. The third-order valence-electron chi connectivity index (χ3n) is 7.99. The molecule has 0 spiro atoms. The molecule has 7 rings (SSSR count). The van der Waals surface area contributed by atoms with Gasteiger partial charge in [0.15, 0.2) is 18.2 Å². The van der Waals surface area contributed by atoms with Crippen molar-refractivity contribution in [1.29, 1.82) is 0 Å². The van der Waals surface area contributed by atoms with Crippen LogP contribution in [-0.4, -0.2) is 11.6 Å². The SMILES string of the molecule is O=C(/C=C/c1cc[n+](CC(=O)c2ccc3c4c(cccc24)CC3)cc1)c1ccc2c3c(cccc13)CC2. The van der Waals surface area contributed by atoms with Crippen molar-refractivity contribution >= 4 is 39.2 Å². The highest BCUT2D eigenvalue weighted by molar-refractivity contribution is 6.16. The fraction of sp³-hybridized carbons (Fsp3) is 0.147. The summed E-state index contributed by atoms with van der Waals surface area (Å²) in [6, 6.07) is 24.6. The molecule has 2 aliphatic rings. The van der Waals surface area contributed by atoms with E-state index < -0.39 is 0 Å². The quantitative estimate of drug-likeness (QED) is 0.164. The molecule has 4 aromatic carbocycles. The summed E-state index contributed by atoms with van der Waals surface area (Å²) < 4.78 is 1.90. The summed E-state index contributed by atoms with van der Waals surface area (Å²) in [6.07, 6.45) is 11.5. The first-order valence-electron chi connectivity index (χ1n) is 13.0. The van der Waals surface area contributed by atoms with Crippen molar-refractivity contribution in [3.8, 4) is 0 Å². The molecule has 178 valence electrons. The topological polar surface area (TPSA) is 38.0 Å². The number of hydrogen-bond donors (Lipinski definition) is 0. The molecule has 3 heteroatoms. The van der Waals surface area contributed by atoms with Crippen molar-refractivity contribution in [3.05, 3.63) is 130 Å².